The van der Waals surface area contributed by atoms with Crippen molar-refractivity contribution in [1.29, 1.82) is 0 Å². The van der Waals surface area contributed by atoms with Crippen LogP contribution < -0.4 is 10.6 Å². The summed E-state index contributed by atoms with van der Waals surface area (Å²) in [4.78, 5) is 29.8. The molecule has 0 radical (unpaired) electrons. The standard InChI is InChI=1S/C15H18N4O2S/c1-3-19(4-2)13(20)12-10-22-15(17-12)18-14(21)16-11-8-6-5-7-9-11/h5-10H,3-4H2,1-2H3,(H2,16,17,18,21). The van der Waals surface area contributed by atoms with Crippen LogP contribution in [0.25, 0.3) is 0 Å². The molecule has 1 aromatic carbocycles. The van der Waals surface area contributed by atoms with E-state index < -0.39 is 0 Å². The van der Waals surface area contributed by atoms with Gasteiger partial charge in [-0.1, -0.05) is 18.2 Å². The van der Waals surface area contributed by atoms with Gasteiger partial charge in [-0.2, -0.15) is 0 Å². The van der Waals surface area contributed by atoms with Gasteiger partial charge in [0.25, 0.3) is 5.91 Å². The van der Waals surface area contributed by atoms with Crippen LogP contribution in [-0.2, 0) is 0 Å². The SMILES string of the molecule is CCN(CC)C(=O)c1csc(NC(=O)Nc2ccccc2)n1. The van der Waals surface area contributed by atoms with Gasteiger partial charge in [0.05, 0.1) is 0 Å². The lowest BCUT2D eigenvalue weighted by atomic mass is 10.3. The number of rotatable bonds is 5. The van der Waals surface area contributed by atoms with E-state index in [4.69, 9.17) is 0 Å². The first-order valence-corrected chi connectivity index (χ1v) is 7.89. The van der Waals surface area contributed by atoms with Gasteiger partial charge in [0.2, 0.25) is 0 Å². The van der Waals surface area contributed by atoms with Crippen molar-refractivity contribution in [1.82, 2.24) is 9.88 Å². The van der Waals surface area contributed by atoms with Gasteiger partial charge in [-0.25, -0.2) is 9.78 Å². The quantitative estimate of drug-likeness (QED) is 0.888. The first-order valence-electron chi connectivity index (χ1n) is 7.01. The Hall–Kier alpha value is -2.41. The van der Waals surface area contributed by atoms with Crippen molar-refractivity contribution in [3.8, 4) is 0 Å². The first kappa shape index (κ1) is 16.0. The maximum atomic E-state index is 12.1. The molecule has 0 aliphatic rings. The van der Waals surface area contributed by atoms with Crippen molar-refractivity contribution in [3.05, 3.63) is 41.4 Å². The number of thiazole rings is 1. The summed E-state index contributed by atoms with van der Waals surface area (Å²) in [5.74, 6) is -0.127. The number of carbonyl (C=O) groups excluding carboxylic acids is 2. The lowest BCUT2D eigenvalue weighted by Gasteiger charge is -2.16. The van der Waals surface area contributed by atoms with E-state index >= 15 is 0 Å². The number of anilines is 2. The third-order valence-corrected chi connectivity index (χ3v) is 3.78. The van der Waals surface area contributed by atoms with Gasteiger partial charge >= 0.3 is 6.03 Å². The highest BCUT2D eigenvalue weighted by Crippen LogP contribution is 2.17. The van der Waals surface area contributed by atoms with Crippen molar-refractivity contribution in [3.63, 3.8) is 0 Å². The van der Waals surface area contributed by atoms with E-state index in [1.807, 2.05) is 32.0 Å². The summed E-state index contributed by atoms with van der Waals surface area (Å²) in [5.41, 5.74) is 1.04. The third-order valence-electron chi connectivity index (χ3n) is 3.03. The van der Waals surface area contributed by atoms with E-state index in [0.717, 1.165) is 0 Å². The van der Waals surface area contributed by atoms with Gasteiger partial charge in [-0.3, -0.25) is 10.1 Å². The number of urea groups is 1. The minimum absolute atomic E-state index is 0.127. The van der Waals surface area contributed by atoms with Crippen LogP contribution in [0.1, 0.15) is 24.3 Å². The second-order valence-corrected chi connectivity index (χ2v) is 5.32. The Kier molecular flexibility index (Phi) is 5.48. The van der Waals surface area contributed by atoms with E-state index in [0.29, 0.717) is 29.6 Å². The fraction of sp³-hybridized carbons (Fsp3) is 0.267. The Bertz CT molecular complexity index is 638. The van der Waals surface area contributed by atoms with Gasteiger partial charge < -0.3 is 10.2 Å². The summed E-state index contributed by atoms with van der Waals surface area (Å²) >= 11 is 1.22. The fourth-order valence-corrected chi connectivity index (χ4v) is 2.56. The van der Waals surface area contributed by atoms with E-state index in [9.17, 15) is 9.59 Å². The zero-order valence-electron chi connectivity index (χ0n) is 12.5. The Labute approximate surface area is 133 Å². The summed E-state index contributed by atoms with van der Waals surface area (Å²) in [6.45, 7) is 5.09. The average molecular weight is 318 g/mol. The summed E-state index contributed by atoms with van der Waals surface area (Å²) in [7, 11) is 0. The summed E-state index contributed by atoms with van der Waals surface area (Å²) in [5, 5.41) is 7.37. The Morgan fingerprint density at radius 2 is 1.82 bits per heavy atom. The molecule has 0 bridgehead atoms. The maximum Gasteiger partial charge on any atom is 0.325 e. The van der Waals surface area contributed by atoms with E-state index in [2.05, 4.69) is 15.6 Å². The summed E-state index contributed by atoms with van der Waals surface area (Å²) in [6.07, 6.45) is 0. The number of carbonyl (C=O) groups is 2. The molecule has 22 heavy (non-hydrogen) atoms. The Morgan fingerprint density at radius 3 is 2.45 bits per heavy atom. The summed E-state index contributed by atoms with van der Waals surface area (Å²) < 4.78 is 0. The van der Waals surface area contributed by atoms with Gasteiger partial charge in [-0.05, 0) is 26.0 Å². The number of para-hydroxylation sites is 1. The monoisotopic (exact) mass is 318 g/mol. The number of aromatic nitrogens is 1. The molecular weight excluding hydrogens is 300 g/mol. The third kappa shape index (κ3) is 4.05. The predicted molar refractivity (Wildman–Crippen MR) is 88.4 cm³/mol. The fourth-order valence-electron chi connectivity index (χ4n) is 1.88. The predicted octanol–water partition coefficient (Wildman–Crippen LogP) is 3.27. The normalized spacial score (nSPS) is 10.1. The smallest absolute Gasteiger partial charge is 0.325 e. The molecule has 7 heteroatoms. The minimum Gasteiger partial charge on any atom is -0.338 e. The minimum atomic E-state index is -0.387. The van der Waals surface area contributed by atoms with Crippen molar-refractivity contribution < 1.29 is 9.59 Å². The average Bonchev–Trinajstić information content (AvgIpc) is 2.97. The van der Waals surface area contributed by atoms with Crippen LogP contribution in [0.4, 0.5) is 15.6 Å². The molecule has 0 aliphatic carbocycles. The van der Waals surface area contributed by atoms with Crippen molar-refractivity contribution in [2.24, 2.45) is 0 Å². The number of hydrogen-bond donors (Lipinski definition) is 2. The molecule has 6 nitrogen and oxygen atoms in total. The molecule has 0 saturated heterocycles. The molecule has 2 aromatic rings. The largest absolute Gasteiger partial charge is 0.338 e. The second kappa shape index (κ2) is 7.56. The van der Waals surface area contributed by atoms with Crippen LogP contribution in [0, 0.1) is 0 Å². The molecule has 0 aliphatic heterocycles. The lowest BCUT2D eigenvalue weighted by Crippen LogP contribution is -2.30. The van der Waals surface area contributed by atoms with Gasteiger partial charge in [0.1, 0.15) is 5.69 Å². The van der Waals surface area contributed by atoms with Crippen molar-refractivity contribution in [2.45, 2.75) is 13.8 Å². The topological polar surface area (TPSA) is 74.3 Å². The first-order chi connectivity index (χ1) is 10.6. The van der Waals surface area contributed by atoms with Gasteiger partial charge in [0, 0.05) is 24.2 Å². The van der Waals surface area contributed by atoms with Crippen LogP contribution in [0.15, 0.2) is 35.7 Å². The number of benzene rings is 1. The van der Waals surface area contributed by atoms with Gasteiger partial charge in [0.15, 0.2) is 5.13 Å². The maximum absolute atomic E-state index is 12.1. The molecule has 3 amide bonds. The second-order valence-electron chi connectivity index (χ2n) is 4.46. The highest BCUT2D eigenvalue weighted by molar-refractivity contribution is 7.14. The molecule has 0 atom stereocenters. The van der Waals surface area contributed by atoms with E-state index in [1.165, 1.54) is 11.3 Å². The summed E-state index contributed by atoms with van der Waals surface area (Å²) in [6, 6.07) is 8.73. The zero-order chi connectivity index (χ0) is 15.9. The zero-order valence-corrected chi connectivity index (χ0v) is 13.3. The molecule has 0 spiro atoms. The van der Waals surface area contributed by atoms with Crippen LogP contribution in [0.3, 0.4) is 0 Å². The van der Waals surface area contributed by atoms with Crippen LogP contribution >= 0.6 is 11.3 Å². The molecule has 0 unspecified atom stereocenters. The molecule has 116 valence electrons. The number of hydrogen-bond acceptors (Lipinski definition) is 4. The number of amides is 3. The van der Waals surface area contributed by atoms with E-state index in [-0.39, 0.29) is 11.9 Å². The Balaban J connectivity index is 1.97. The van der Waals surface area contributed by atoms with E-state index in [1.54, 1.807) is 22.4 Å². The Morgan fingerprint density at radius 1 is 1.14 bits per heavy atom. The molecule has 1 aromatic heterocycles. The van der Waals surface area contributed by atoms with Crippen molar-refractivity contribution >= 4 is 34.1 Å². The molecule has 0 saturated carbocycles. The van der Waals surface area contributed by atoms with Crippen molar-refractivity contribution in [2.75, 3.05) is 23.7 Å². The molecule has 2 rings (SSSR count). The molecule has 1 heterocycles. The lowest BCUT2D eigenvalue weighted by molar-refractivity contribution is 0.0768. The van der Waals surface area contributed by atoms with Crippen LogP contribution in [-0.4, -0.2) is 34.9 Å². The van der Waals surface area contributed by atoms with Crippen LogP contribution in [0.5, 0.6) is 0 Å². The van der Waals surface area contributed by atoms with Gasteiger partial charge in [-0.15, -0.1) is 11.3 Å². The number of nitrogens with zero attached hydrogens (tertiary/aromatic N) is 2. The highest BCUT2D eigenvalue weighted by Gasteiger charge is 2.16. The molecular formula is C15H18N4O2S. The van der Waals surface area contributed by atoms with Crippen LogP contribution in [0.2, 0.25) is 0 Å². The number of nitrogens with one attached hydrogen (secondary N) is 2. The molecule has 2 N–H and O–H groups in total. The molecule has 0 fully saturated rings. The highest BCUT2D eigenvalue weighted by atomic mass is 32.1.